The highest BCUT2D eigenvalue weighted by molar-refractivity contribution is 7.98. The second kappa shape index (κ2) is 14.6. The van der Waals surface area contributed by atoms with Gasteiger partial charge in [0.05, 0.1) is 28.9 Å². The first-order valence-corrected chi connectivity index (χ1v) is 13.5. The first-order valence-electron chi connectivity index (χ1n) is 10.7. The number of aliphatic hydroxyl groups is 1. The van der Waals surface area contributed by atoms with E-state index >= 15 is 0 Å². The molecule has 0 spiro atoms. The fourth-order valence-corrected chi connectivity index (χ4v) is 3.85. The van der Waals surface area contributed by atoms with Crippen LogP contribution in [0.2, 0.25) is 0 Å². The molecule has 0 saturated heterocycles. The molecule has 35 heavy (non-hydrogen) atoms. The maximum Gasteiger partial charge on any atom is 0.285 e. The van der Waals surface area contributed by atoms with E-state index in [-0.39, 0.29) is 28.0 Å². The van der Waals surface area contributed by atoms with Gasteiger partial charge in [-0.3, -0.25) is 29.2 Å². The molecule has 2 aliphatic heterocycles. The van der Waals surface area contributed by atoms with Crippen LogP contribution in [0.4, 0.5) is 0 Å². The van der Waals surface area contributed by atoms with Crippen molar-refractivity contribution in [3.63, 3.8) is 0 Å². The number of fused-ring (bicyclic) bond motifs is 2. The fraction of sp³-hybridized carbons (Fsp3) is 0.333. The molecule has 2 aliphatic rings. The number of rotatable bonds is 8. The van der Waals surface area contributed by atoms with Crippen LogP contribution in [-0.2, 0) is 4.84 Å². The van der Waals surface area contributed by atoms with Crippen LogP contribution >= 0.6 is 23.5 Å². The Kier molecular flexibility index (Phi) is 11.9. The summed E-state index contributed by atoms with van der Waals surface area (Å²) in [5, 5.41) is 18.1. The molecule has 188 valence electrons. The molecule has 2 N–H and O–H groups in total. The van der Waals surface area contributed by atoms with E-state index in [2.05, 4.69) is 0 Å². The minimum absolute atomic E-state index is 0.130. The molecule has 0 unspecified atom stereocenters. The monoisotopic (exact) mass is 520 g/mol. The van der Waals surface area contributed by atoms with Gasteiger partial charge in [-0.05, 0) is 61.1 Å². The van der Waals surface area contributed by atoms with Gasteiger partial charge in [0.15, 0.2) is 0 Å². The van der Waals surface area contributed by atoms with Crippen molar-refractivity contribution in [1.29, 1.82) is 0 Å². The van der Waals surface area contributed by atoms with E-state index < -0.39 is 11.8 Å². The van der Waals surface area contributed by atoms with E-state index in [4.69, 9.17) is 15.2 Å². The predicted molar refractivity (Wildman–Crippen MR) is 135 cm³/mol. The average molecular weight is 521 g/mol. The van der Waals surface area contributed by atoms with Crippen molar-refractivity contribution in [3.8, 4) is 0 Å². The van der Waals surface area contributed by atoms with Crippen molar-refractivity contribution in [3.05, 3.63) is 70.8 Å². The van der Waals surface area contributed by atoms with Gasteiger partial charge in [-0.1, -0.05) is 24.3 Å². The van der Waals surface area contributed by atoms with Crippen LogP contribution in [0, 0.1) is 0 Å². The van der Waals surface area contributed by atoms with Crippen molar-refractivity contribution in [2.75, 3.05) is 37.2 Å². The summed E-state index contributed by atoms with van der Waals surface area (Å²) in [7, 11) is 0. The summed E-state index contributed by atoms with van der Waals surface area (Å²) in [6, 6.07) is 13.0. The van der Waals surface area contributed by atoms with Gasteiger partial charge in [-0.15, -0.1) is 10.1 Å². The molecular formula is C24H28N2O7S2. The van der Waals surface area contributed by atoms with Gasteiger partial charge in [-0.25, -0.2) is 0 Å². The quantitative estimate of drug-likeness (QED) is 0.306. The third-order valence-corrected chi connectivity index (χ3v) is 6.14. The Morgan fingerprint density at radius 2 is 1.11 bits per heavy atom. The summed E-state index contributed by atoms with van der Waals surface area (Å²) < 4.78 is 0. The molecule has 0 atom stereocenters. The van der Waals surface area contributed by atoms with E-state index in [1.54, 1.807) is 59.9 Å². The van der Waals surface area contributed by atoms with Crippen LogP contribution in [0.1, 0.15) is 54.3 Å². The molecule has 0 fully saturated rings. The molecule has 0 radical (unpaired) electrons. The molecule has 2 aromatic carbocycles. The number of imide groups is 2. The third kappa shape index (κ3) is 7.39. The number of hydrogen-bond donors (Lipinski definition) is 2. The van der Waals surface area contributed by atoms with E-state index in [0.717, 1.165) is 29.4 Å². The van der Waals surface area contributed by atoms with Gasteiger partial charge in [-0.2, -0.15) is 23.5 Å². The lowest BCUT2D eigenvalue weighted by molar-refractivity contribution is -0.0907. The van der Waals surface area contributed by atoms with E-state index in [0.29, 0.717) is 24.3 Å². The van der Waals surface area contributed by atoms with Crippen molar-refractivity contribution >= 4 is 47.2 Å². The standard InChI is InChI=1S/C12H13NO3S.C8H5NO3.C4H10OS/c1-17-8-4-7-16-13-11(14)9-5-2-3-6-10(9)12(13)15;10-7-5-3-1-2-4-6(5)8(11)9(7)12;1-6-4-2-3-5/h2-3,5-6H,4,7-8H2,1H3;1-4,12H;5H,2-4H2,1H3. The lowest BCUT2D eigenvalue weighted by Crippen LogP contribution is -2.30. The number of hydroxylamine groups is 4. The molecule has 2 heterocycles. The van der Waals surface area contributed by atoms with Crippen molar-refractivity contribution in [2.45, 2.75) is 12.8 Å². The molecule has 2 aromatic rings. The number of benzene rings is 2. The maximum atomic E-state index is 11.8. The summed E-state index contributed by atoms with van der Waals surface area (Å²) in [6.45, 7) is 0.715. The molecule has 4 amide bonds. The Hall–Kier alpha value is -2.70. The van der Waals surface area contributed by atoms with Gasteiger partial charge < -0.3 is 5.11 Å². The van der Waals surface area contributed by atoms with Gasteiger partial charge in [0, 0.05) is 6.61 Å². The summed E-state index contributed by atoms with van der Waals surface area (Å²) in [4.78, 5) is 51.0. The summed E-state index contributed by atoms with van der Waals surface area (Å²) in [5.74, 6) is -0.0182. The Morgan fingerprint density at radius 1 is 0.714 bits per heavy atom. The summed E-state index contributed by atoms with van der Waals surface area (Å²) in [5.41, 5.74) is 1.35. The Morgan fingerprint density at radius 3 is 1.49 bits per heavy atom. The van der Waals surface area contributed by atoms with Crippen LogP contribution < -0.4 is 0 Å². The highest BCUT2D eigenvalue weighted by Gasteiger charge is 2.36. The normalized spacial score (nSPS) is 13.7. The number of hydrogen-bond acceptors (Lipinski definition) is 9. The topological polar surface area (TPSA) is 124 Å². The third-order valence-electron chi connectivity index (χ3n) is 4.75. The highest BCUT2D eigenvalue weighted by atomic mass is 32.2. The molecule has 11 heteroatoms. The fourth-order valence-electron chi connectivity index (χ4n) is 3.03. The van der Waals surface area contributed by atoms with E-state index in [9.17, 15) is 19.2 Å². The van der Waals surface area contributed by atoms with E-state index in [1.165, 1.54) is 12.1 Å². The summed E-state index contributed by atoms with van der Waals surface area (Å²) >= 11 is 3.47. The average Bonchev–Trinajstić information content (AvgIpc) is 3.26. The minimum Gasteiger partial charge on any atom is -0.396 e. The number of carbonyl (C=O) groups excluding carboxylic acids is 4. The van der Waals surface area contributed by atoms with Crippen LogP contribution in [0.3, 0.4) is 0 Å². The van der Waals surface area contributed by atoms with Crippen LogP contribution in [0.15, 0.2) is 48.5 Å². The Labute approximate surface area is 212 Å². The van der Waals surface area contributed by atoms with Gasteiger partial charge in [0.2, 0.25) is 0 Å². The molecule has 0 aliphatic carbocycles. The van der Waals surface area contributed by atoms with Crippen LogP contribution in [0.5, 0.6) is 0 Å². The minimum atomic E-state index is -0.657. The van der Waals surface area contributed by atoms with Crippen molar-refractivity contribution in [1.82, 2.24) is 10.1 Å². The molecule has 0 saturated carbocycles. The van der Waals surface area contributed by atoms with Crippen molar-refractivity contribution in [2.24, 2.45) is 0 Å². The lowest BCUT2D eigenvalue weighted by Gasteiger charge is -2.12. The molecule has 4 rings (SSSR count). The first kappa shape index (κ1) is 28.5. The lowest BCUT2D eigenvalue weighted by atomic mass is 10.1. The number of aliphatic hydroxyl groups excluding tert-OH is 1. The zero-order chi connectivity index (χ0) is 25.8. The molecule has 9 nitrogen and oxygen atoms in total. The largest absolute Gasteiger partial charge is 0.396 e. The SMILES string of the molecule is CSCCCO.CSCCCON1C(=O)c2ccccc2C1=O.O=C1c2ccccc2C(=O)N1O. The van der Waals surface area contributed by atoms with Gasteiger partial charge in [0.25, 0.3) is 23.6 Å². The zero-order valence-corrected chi connectivity index (χ0v) is 21.1. The van der Waals surface area contributed by atoms with Crippen LogP contribution in [0.25, 0.3) is 0 Å². The number of nitrogens with zero attached hydrogens (tertiary/aromatic N) is 2. The first-order chi connectivity index (χ1) is 16.9. The number of carbonyl (C=O) groups is 4. The van der Waals surface area contributed by atoms with Gasteiger partial charge >= 0.3 is 0 Å². The zero-order valence-electron chi connectivity index (χ0n) is 19.5. The smallest absolute Gasteiger partial charge is 0.285 e. The van der Waals surface area contributed by atoms with E-state index in [1.807, 2.05) is 12.5 Å². The molecule has 0 bridgehead atoms. The van der Waals surface area contributed by atoms with Crippen molar-refractivity contribution < 1.29 is 34.3 Å². The second-order valence-electron chi connectivity index (χ2n) is 7.17. The highest BCUT2D eigenvalue weighted by Crippen LogP contribution is 2.22. The second-order valence-corrected chi connectivity index (χ2v) is 9.14. The Balaban J connectivity index is 0.000000209. The number of thioether (sulfide) groups is 2. The van der Waals surface area contributed by atoms with Crippen LogP contribution in [-0.4, -0.2) is 81.3 Å². The predicted octanol–water partition coefficient (Wildman–Crippen LogP) is 3.37. The maximum absolute atomic E-state index is 11.8. The van der Waals surface area contributed by atoms with Gasteiger partial charge in [0.1, 0.15) is 0 Å². The molecular weight excluding hydrogens is 492 g/mol. The Bertz CT molecular complexity index is 974. The summed E-state index contributed by atoms with van der Waals surface area (Å²) in [6.07, 6.45) is 5.79. The number of amides is 4. The molecule has 0 aromatic heterocycles.